The van der Waals surface area contributed by atoms with E-state index in [0.717, 1.165) is 16.9 Å². The predicted octanol–water partition coefficient (Wildman–Crippen LogP) is 3.57. The maximum atomic E-state index is 9.24. The third-order valence-electron chi connectivity index (χ3n) is 2.81. The molecular formula is C14H16ClN3O. The Balaban J connectivity index is 2.15. The van der Waals surface area contributed by atoms with Crippen LogP contribution in [0.3, 0.4) is 0 Å². The van der Waals surface area contributed by atoms with Gasteiger partial charge in [-0.25, -0.2) is 9.97 Å². The lowest BCUT2D eigenvalue weighted by atomic mass is 10.1. The average Bonchev–Trinajstić information content (AvgIpc) is 2.37. The van der Waals surface area contributed by atoms with Gasteiger partial charge in [0, 0.05) is 12.1 Å². The summed E-state index contributed by atoms with van der Waals surface area (Å²) in [6.45, 7) is 4.72. The van der Waals surface area contributed by atoms with E-state index in [-0.39, 0.29) is 11.7 Å². The van der Waals surface area contributed by atoms with Gasteiger partial charge in [0.25, 0.3) is 0 Å². The molecule has 1 aromatic heterocycles. The molecule has 0 fully saturated rings. The zero-order valence-corrected chi connectivity index (χ0v) is 11.6. The molecule has 5 heteroatoms. The van der Waals surface area contributed by atoms with Crippen molar-refractivity contribution in [2.75, 3.05) is 5.32 Å². The molecule has 2 aromatic rings. The normalized spacial score (nSPS) is 10.7. The summed E-state index contributed by atoms with van der Waals surface area (Å²) in [5, 5.41) is 13.0. The molecule has 0 saturated carbocycles. The van der Waals surface area contributed by atoms with Crippen molar-refractivity contribution in [1.29, 1.82) is 0 Å². The van der Waals surface area contributed by atoms with Gasteiger partial charge in [-0.2, -0.15) is 0 Å². The third-order valence-corrected chi connectivity index (χ3v) is 3.11. The minimum Gasteiger partial charge on any atom is -0.508 e. The van der Waals surface area contributed by atoms with Gasteiger partial charge in [0.1, 0.15) is 23.0 Å². The summed E-state index contributed by atoms with van der Waals surface area (Å²) in [6, 6.07) is 7.04. The van der Waals surface area contributed by atoms with Gasteiger partial charge < -0.3 is 10.4 Å². The molecule has 4 nitrogen and oxygen atoms in total. The fraction of sp³-hybridized carbons (Fsp3) is 0.286. The Kier molecular flexibility index (Phi) is 4.22. The number of hydrogen-bond acceptors (Lipinski definition) is 4. The van der Waals surface area contributed by atoms with Crippen LogP contribution >= 0.6 is 11.6 Å². The second kappa shape index (κ2) is 5.89. The molecule has 0 aliphatic carbocycles. The monoisotopic (exact) mass is 277 g/mol. The number of benzene rings is 1. The number of nitrogens with one attached hydrogen (secondary N) is 1. The number of phenols is 1. The van der Waals surface area contributed by atoms with Gasteiger partial charge in [-0.3, -0.25) is 0 Å². The first kappa shape index (κ1) is 13.6. The molecular weight excluding hydrogens is 262 g/mol. The fourth-order valence-electron chi connectivity index (χ4n) is 1.83. The minimum atomic E-state index is 0.246. The van der Waals surface area contributed by atoms with E-state index < -0.39 is 0 Å². The quantitative estimate of drug-likeness (QED) is 0.839. The van der Waals surface area contributed by atoms with Gasteiger partial charge >= 0.3 is 0 Å². The second-order valence-electron chi connectivity index (χ2n) is 4.60. The molecule has 0 aliphatic heterocycles. The Morgan fingerprint density at radius 1 is 1.21 bits per heavy atom. The molecule has 1 heterocycles. The van der Waals surface area contributed by atoms with Gasteiger partial charge in [-0.15, -0.1) is 0 Å². The van der Waals surface area contributed by atoms with Crippen molar-refractivity contribution in [3.63, 3.8) is 0 Å². The van der Waals surface area contributed by atoms with E-state index in [1.165, 1.54) is 6.33 Å². The molecule has 0 amide bonds. The standard InChI is InChI=1S/C14H16ClN3O/c1-9(2)12-13(15)17-8-18-14(12)16-7-10-3-5-11(19)6-4-10/h3-6,8-9,19H,7H2,1-2H3,(H,16,17,18). The van der Waals surface area contributed by atoms with Crippen molar-refractivity contribution >= 4 is 17.4 Å². The zero-order chi connectivity index (χ0) is 13.8. The maximum absolute atomic E-state index is 9.24. The van der Waals surface area contributed by atoms with Gasteiger partial charge in [-0.05, 0) is 23.6 Å². The first-order chi connectivity index (χ1) is 9.08. The van der Waals surface area contributed by atoms with Crippen LogP contribution in [0.5, 0.6) is 5.75 Å². The van der Waals surface area contributed by atoms with Gasteiger partial charge in [0.15, 0.2) is 0 Å². The van der Waals surface area contributed by atoms with Crippen LogP contribution in [0.25, 0.3) is 0 Å². The number of halogens is 1. The number of aromatic hydroxyl groups is 1. The predicted molar refractivity (Wildman–Crippen MR) is 76.6 cm³/mol. The van der Waals surface area contributed by atoms with Crippen LogP contribution < -0.4 is 5.32 Å². The Morgan fingerprint density at radius 3 is 2.53 bits per heavy atom. The number of nitrogens with zero attached hydrogens (tertiary/aromatic N) is 2. The van der Waals surface area contributed by atoms with Crippen molar-refractivity contribution in [1.82, 2.24) is 9.97 Å². The summed E-state index contributed by atoms with van der Waals surface area (Å²) in [7, 11) is 0. The van der Waals surface area contributed by atoms with E-state index in [4.69, 9.17) is 11.6 Å². The van der Waals surface area contributed by atoms with Crippen molar-refractivity contribution in [3.05, 3.63) is 46.9 Å². The molecule has 0 bridgehead atoms. The molecule has 100 valence electrons. The summed E-state index contributed by atoms with van der Waals surface area (Å²) in [6.07, 6.45) is 1.45. The van der Waals surface area contributed by atoms with Crippen LogP contribution in [0.4, 0.5) is 5.82 Å². The van der Waals surface area contributed by atoms with Crippen LogP contribution in [0.1, 0.15) is 30.9 Å². The molecule has 2 rings (SSSR count). The minimum absolute atomic E-state index is 0.246. The molecule has 0 saturated heterocycles. The van der Waals surface area contributed by atoms with E-state index in [1.807, 2.05) is 12.1 Å². The highest BCUT2D eigenvalue weighted by Crippen LogP contribution is 2.28. The molecule has 19 heavy (non-hydrogen) atoms. The Bertz CT molecular complexity index is 555. The van der Waals surface area contributed by atoms with Crippen LogP contribution in [-0.2, 0) is 6.54 Å². The average molecular weight is 278 g/mol. The van der Waals surface area contributed by atoms with Crippen molar-refractivity contribution in [2.45, 2.75) is 26.3 Å². The highest BCUT2D eigenvalue weighted by atomic mass is 35.5. The summed E-state index contributed by atoms with van der Waals surface area (Å²) in [5.74, 6) is 1.26. The molecule has 0 spiro atoms. The van der Waals surface area contributed by atoms with Crippen molar-refractivity contribution < 1.29 is 5.11 Å². The summed E-state index contributed by atoms with van der Waals surface area (Å²) >= 11 is 6.10. The van der Waals surface area contributed by atoms with E-state index in [1.54, 1.807) is 12.1 Å². The highest BCUT2D eigenvalue weighted by Gasteiger charge is 2.13. The van der Waals surface area contributed by atoms with E-state index in [2.05, 4.69) is 29.1 Å². The van der Waals surface area contributed by atoms with Crippen LogP contribution in [-0.4, -0.2) is 15.1 Å². The van der Waals surface area contributed by atoms with Gasteiger partial charge in [0.2, 0.25) is 0 Å². The Hall–Kier alpha value is -1.81. The molecule has 2 N–H and O–H groups in total. The maximum Gasteiger partial charge on any atom is 0.138 e. The molecule has 0 aliphatic rings. The number of phenolic OH excluding ortho intramolecular Hbond substituents is 1. The number of anilines is 1. The van der Waals surface area contributed by atoms with Crippen LogP contribution in [0.15, 0.2) is 30.6 Å². The number of rotatable bonds is 4. The fourth-order valence-corrected chi connectivity index (χ4v) is 2.18. The van der Waals surface area contributed by atoms with E-state index >= 15 is 0 Å². The lowest BCUT2D eigenvalue weighted by Crippen LogP contribution is -2.07. The van der Waals surface area contributed by atoms with E-state index in [9.17, 15) is 5.11 Å². The first-order valence-electron chi connectivity index (χ1n) is 6.10. The Morgan fingerprint density at radius 2 is 1.89 bits per heavy atom. The van der Waals surface area contributed by atoms with Gasteiger partial charge in [0.05, 0.1) is 0 Å². The van der Waals surface area contributed by atoms with Gasteiger partial charge in [-0.1, -0.05) is 37.6 Å². The topological polar surface area (TPSA) is 58.0 Å². The zero-order valence-electron chi connectivity index (χ0n) is 10.9. The molecule has 0 unspecified atom stereocenters. The van der Waals surface area contributed by atoms with Crippen molar-refractivity contribution in [3.8, 4) is 5.75 Å². The third kappa shape index (κ3) is 3.35. The van der Waals surface area contributed by atoms with Crippen LogP contribution in [0, 0.1) is 0 Å². The largest absolute Gasteiger partial charge is 0.508 e. The summed E-state index contributed by atoms with van der Waals surface area (Å²) in [4.78, 5) is 8.25. The number of aromatic nitrogens is 2. The molecule has 0 radical (unpaired) electrons. The SMILES string of the molecule is CC(C)c1c(Cl)ncnc1NCc1ccc(O)cc1. The van der Waals surface area contributed by atoms with Crippen molar-refractivity contribution in [2.24, 2.45) is 0 Å². The Labute approximate surface area is 117 Å². The lowest BCUT2D eigenvalue weighted by Gasteiger charge is -2.14. The molecule has 0 atom stereocenters. The highest BCUT2D eigenvalue weighted by molar-refractivity contribution is 6.30. The summed E-state index contributed by atoms with van der Waals surface area (Å²) < 4.78 is 0. The number of hydrogen-bond donors (Lipinski definition) is 2. The van der Waals surface area contributed by atoms with Crippen LogP contribution in [0.2, 0.25) is 5.15 Å². The molecule has 1 aromatic carbocycles. The summed E-state index contributed by atoms with van der Waals surface area (Å²) in [5.41, 5.74) is 1.98. The first-order valence-corrected chi connectivity index (χ1v) is 6.48. The lowest BCUT2D eigenvalue weighted by molar-refractivity contribution is 0.475. The second-order valence-corrected chi connectivity index (χ2v) is 4.96. The smallest absolute Gasteiger partial charge is 0.138 e. The van der Waals surface area contributed by atoms with E-state index in [0.29, 0.717) is 11.7 Å².